The third kappa shape index (κ3) is 2.79. The second kappa shape index (κ2) is 4.42. The molecule has 70 valence electrons. The molecule has 4 heteroatoms. The summed E-state index contributed by atoms with van der Waals surface area (Å²) in [7, 11) is 1.95. The zero-order chi connectivity index (χ0) is 8.97. The molecule has 1 aliphatic carbocycles. The van der Waals surface area contributed by atoms with E-state index in [4.69, 9.17) is 5.84 Å². The summed E-state index contributed by atoms with van der Waals surface area (Å²) in [6.45, 7) is 1.43. The average Bonchev–Trinajstić information content (AvgIpc) is 1.97. The average molecular weight is 171 g/mol. The van der Waals surface area contributed by atoms with E-state index in [1.54, 1.807) is 0 Å². The molecule has 1 amide bonds. The lowest BCUT2D eigenvalue weighted by Gasteiger charge is -2.29. The smallest absolute Gasteiger partial charge is 0.248 e. The Morgan fingerprint density at radius 2 is 2.33 bits per heavy atom. The van der Waals surface area contributed by atoms with Gasteiger partial charge in [-0.1, -0.05) is 6.42 Å². The first kappa shape index (κ1) is 9.48. The SMILES string of the molecule is CN(CC(=O)NN)CC1CCC1. The molecule has 0 aromatic carbocycles. The number of hydrogen-bond acceptors (Lipinski definition) is 3. The van der Waals surface area contributed by atoms with E-state index in [0.717, 1.165) is 12.5 Å². The van der Waals surface area contributed by atoms with Crippen LogP contribution in [0.5, 0.6) is 0 Å². The number of nitrogens with one attached hydrogen (secondary N) is 1. The molecule has 1 fully saturated rings. The van der Waals surface area contributed by atoms with Gasteiger partial charge >= 0.3 is 0 Å². The van der Waals surface area contributed by atoms with Crippen molar-refractivity contribution in [2.75, 3.05) is 20.1 Å². The zero-order valence-corrected chi connectivity index (χ0v) is 7.55. The van der Waals surface area contributed by atoms with E-state index in [9.17, 15) is 4.79 Å². The van der Waals surface area contributed by atoms with Gasteiger partial charge in [0.1, 0.15) is 0 Å². The summed E-state index contributed by atoms with van der Waals surface area (Å²) < 4.78 is 0. The number of rotatable bonds is 4. The maximum atomic E-state index is 10.8. The fourth-order valence-electron chi connectivity index (χ4n) is 1.47. The molecule has 0 atom stereocenters. The molecule has 4 nitrogen and oxygen atoms in total. The Labute approximate surface area is 73.1 Å². The summed E-state index contributed by atoms with van der Waals surface area (Å²) in [4.78, 5) is 12.9. The van der Waals surface area contributed by atoms with Crippen molar-refractivity contribution in [3.8, 4) is 0 Å². The molecular weight excluding hydrogens is 154 g/mol. The van der Waals surface area contributed by atoms with Gasteiger partial charge in [0.25, 0.3) is 0 Å². The van der Waals surface area contributed by atoms with Crippen LogP contribution in [0.15, 0.2) is 0 Å². The Morgan fingerprint density at radius 1 is 1.67 bits per heavy atom. The second-order valence-electron chi connectivity index (χ2n) is 3.56. The van der Waals surface area contributed by atoms with Gasteiger partial charge in [-0.05, 0) is 25.8 Å². The highest BCUT2D eigenvalue weighted by Crippen LogP contribution is 2.26. The summed E-state index contributed by atoms with van der Waals surface area (Å²) in [5.74, 6) is 5.66. The fraction of sp³-hybridized carbons (Fsp3) is 0.875. The Morgan fingerprint density at radius 3 is 2.75 bits per heavy atom. The van der Waals surface area contributed by atoms with Gasteiger partial charge in [0.15, 0.2) is 0 Å². The van der Waals surface area contributed by atoms with Crippen LogP contribution in [0.25, 0.3) is 0 Å². The van der Waals surface area contributed by atoms with Crippen molar-refractivity contribution >= 4 is 5.91 Å². The van der Waals surface area contributed by atoms with E-state index in [-0.39, 0.29) is 5.91 Å². The maximum absolute atomic E-state index is 10.8. The van der Waals surface area contributed by atoms with E-state index in [1.165, 1.54) is 19.3 Å². The predicted molar refractivity (Wildman–Crippen MR) is 47.2 cm³/mol. The quantitative estimate of drug-likeness (QED) is 0.347. The van der Waals surface area contributed by atoms with Gasteiger partial charge in [0.2, 0.25) is 5.91 Å². The van der Waals surface area contributed by atoms with Gasteiger partial charge in [-0.2, -0.15) is 0 Å². The molecular formula is C8H17N3O. The minimum Gasteiger partial charge on any atom is -0.297 e. The normalized spacial score (nSPS) is 17.6. The van der Waals surface area contributed by atoms with E-state index in [1.807, 2.05) is 11.9 Å². The summed E-state index contributed by atoms with van der Waals surface area (Å²) in [6.07, 6.45) is 3.98. The first-order valence-corrected chi connectivity index (χ1v) is 4.40. The Hall–Kier alpha value is -0.610. The molecule has 0 unspecified atom stereocenters. The van der Waals surface area contributed by atoms with Crippen molar-refractivity contribution in [2.24, 2.45) is 11.8 Å². The molecule has 0 heterocycles. The van der Waals surface area contributed by atoms with Crippen molar-refractivity contribution in [2.45, 2.75) is 19.3 Å². The molecule has 0 aromatic heterocycles. The number of likely N-dealkylation sites (N-methyl/N-ethyl adjacent to an activating group) is 1. The molecule has 12 heavy (non-hydrogen) atoms. The molecule has 3 N–H and O–H groups in total. The molecule has 1 rings (SSSR count). The Kier molecular flexibility index (Phi) is 3.49. The lowest BCUT2D eigenvalue weighted by molar-refractivity contribution is -0.122. The number of nitrogens with zero attached hydrogens (tertiary/aromatic N) is 1. The largest absolute Gasteiger partial charge is 0.297 e. The zero-order valence-electron chi connectivity index (χ0n) is 7.55. The predicted octanol–water partition coefficient (Wildman–Crippen LogP) is -0.292. The van der Waals surface area contributed by atoms with Crippen molar-refractivity contribution in [1.82, 2.24) is 10.3 Å². The van der Waals surface area contributed by atoms with Gasteiger partial charge in [-0.15, -0.1) is 0 Å². The molecule has 0 aliphatic heterocycles. The number of hydrazine groups is 1. The van der Waals surface area contributed by atoms with Gasteiger partial charge in [0, 0.05) is 6.54 Å². The van der Waals surface area contributed by atoms with Crippen molar-refractivity contribution < 1.29 is 4.79 Å². The molecule has 0 bridgehead atoms. The highest BCUT2D eigenvalue weighted by molar-refractivity contribution is 5.77. The van der Waals surface area contributed by atoms with Crippen molar-refractivity contribution in [3.05, 3.63) is 0 Å². The molecule has 0 aromatic rings. The van der Waals surface area contributed by atoms with Crippen LogP contribution in [0, 0.1) is 5.92 Å². The Bertz CT molecular complexity index is 156. The summed E-state index contributed by atoms with van der Waals surface area (Å²) >= 11 is 0. The van der Waals surface area contributed by atoms with Crippen LogP contribution < -0.4 is 11.3 Å². The van der Waals surface area contributed by atoms with Crippen LogP contribution in [0.1, 0.15) is 19.3 Å². The van der Waals surface area contributed by atoms with Crippen LogP contribution in [0.3, 0.4) is 0 Å². The molecule has 1 aliphatic rings. The summed E-state index contributed by atoms with van der Waals surface area (Å²) in [6, 6.07) is 0. The van der Waals surface area contributed by atoms with Crippen LogP contribution in [-0.4, -0.2) is 30.9 Å². The summed E-state index contributed by atoms with van der Waals surface area (Å²) in [5, 5.41) is 0. The highest BCUT2D eigenvalue weighted by Gasteiger charge is 2.19. The minimum atomic E-state index is -0.114. The standard InChI is InChI=1S/C8H17N3O/c1-11(6-8(12)10-9)5-7-3-2-4-7/h7H,2-6,9H2,1H3,(H,10,12). The first-order chi connectivity index (χ1) is 5.72. The second-order valence-corrected chi connectivity index (χ2v) is 3.56. The number of hydrogen-bond donors (Lipinski definition) is 2. The van der Waals surface area contributed by atoms with Gasteiger partial charge in [-0.3, -0.25) is 15.1 Å². The number of carbonyl (C=O) groups excluding carboxylic acids is 1. The molecule has 0 spiro atoms. The topological polar surface area (TPSA) is 58.4 Å². The van der Waals surface area contributed by atoms with Crippen LogP contribution in [0.2, 0.25) is 0 Å². The minimum absolute atomic E-state index is 0.114. The lowest BCUT2D eigenvalue weighted by atomic mass is 9.85. The van der Waals surface area contributed by atoms with Crippen molar-refractivity contribution in [1.29, 1.82) is 0 Å². The van der Waals surface area contributed by atoms with Crippen LogP contribution in [-0.2, 0) is 4.79 Å². The van der Waals surface area contributed by atoms with E-state index >= 15 is 0 Å². The maximum Gasteiger partial charge on any atom is 0.248 e. The van der Waals surface area contributed by atoms with Gasteiger partial charge < -0.3 is 0 Å². The van der Waals surface area contributed by atoms with Gasteiger partial charge in [-0.25, -0.2) is 5.84 Å². The van der Waals surface area contributed by atoms with Crippen LogP contribution in [0.4, 0.5) is 0 Å². The molecule has 1 saturated carbocycles. The van der Waals surface area contributed by atoms with E-state index < -0.39 is 0 Å². The number of carbonyl (C=O) groups is 1. The first-order valence-electron chi connectivity index (χ1n) is 4.40. The number of amides is 1. The van der Waals surface area contributed by atoms with Crippen molar-refractivity contribution in [3.63, 3.8) is 0 Å². The molecule has 0 radical (unpaired) electrons. The Balaban J connectivity index is 2.10. The summed E-state index contributed by atoms with van der Waals surface area (Å²) in [5.41, 5.74) is 2.12. The van der Waals surface area contributed by atoms with Gasteiger partial charge in [0.05, 0.1) is 6.54 Å². The highest BCUT2D eigenvalue weighted by atomic mass is 16.2. The molecule has 0 saturated heterocycles. The fourth-order valence-corrected chi connectivity index (χ4v) is 1.47. The lowest BCUT2D eigenvalue weighted by Crippen LogP contribution is -2.41. The third-order valence-corrected chi connectivity index (χ3v) is 2.37. The third-order valence-electron chi connectivity index (χ3n) is 2.37. The monoisotopic (exact) mass is 171 g/mol. The van der Waals surface area contributed by atoms with E-state index in [2.05, 4.69) is 5.43 Å². The van der Waals surface area contributed by atoms with E-state index in [0.29, 0.717) is 6.54 Å². The number of nitrogens with two attached hydrogens (primary N) is 1. The van der Waals surface area contributed by atoms with Crippen LogP contribution >= 0.6 is 0 Å².